The summed E-state index contributed by atoms with van der Waals surface area (Å²) in [6.07, 6.45) is 2.77. The number of nitrogens with one attached hydrogen (secondary N) is 2. The number of nitrogens with zero attached hydrogens (tertiary/aromatic N) is 2. The molecule has 0 bridgehead atoms. The number of hydrogen-bond donors (Lipinski definition) is 3. The van der Waals surface area contributed by atoms with Gasteiger partial charge in [-0.25, -0.2) is 4.79 Å². The van der Waals surface area contributed by atoms with Crippen LogP contribution in [0.1, 0.15) is 35.9 Å². The average Bonchev–Trinajstić information content (AvgIpc) is 3.33. The van der Waals surface area contributed by atoms with Gasteiger partial charge in [-0.1, -0.05) is 41.2 Å². The highest BCUT2D eigenvalue weighted by Gasteiger charge is 2.42. The first-order valence-corrected chi connectivity index (χ1v) is 8.88. The van der Waals surface area contributed by atoms with E-state index in [1.165, 1.54) is 16.9 Å². The molecule has 128 valence electrons. The molecular formula is C17H22N4O2S. The molecule has 1 atom stereocenters. The van der Waals surface area contributed by atoms with E-state index in [9.17, 15) is 9.90 Å². The lowest BCUT2D eigenvalue weighted by Gasteiger charge is -2.28. The highest BCUT2D eigenvalue weighted by Crippen LogP contribution is 2.39. The van der Waals surface area contributed by atoms with Gasteiger partial charge in [-0.15, -0.1) is 10.2 Å². The van der Waals surface area contributed by atoms with Crippen molar-refractivity contribution in [2.24, 2.45) is 5.92 Å². The van der Waals surface area contributed by atoms with Crippen molar-refractivity contribution in [2.45, 2.75) is 38.6 Å². The van der Waals surface area contributed by atoms with Gasteiger partial charge in [0, 0.05) is 6.42 Å². The first-order chi connectivity index (χ1) is 11.5. The standard InChI is InChI=1S/C17H22N4O2S/c1-11-3-5-12(6-4-11)9-14-20-21-16(24-14)18-15(23)19-17(2,10-22)13-7-8-13/h3-6,13,22H,7-10H2,1-2H3,(H2,18,19,21,23). The Balaban J connectivity index is 1.57. The Hall–Kier alpha value is -1.99. The fraction of sp³-hybridized carbons (Fsp3) is 0.471. The minimum absolute atomic E-state index is 0.0696. The van der Waals surface area contributed by atoms with Crippen molar-refractivity contribution in [1.29, 1.82) is 0 Å². The summed E-state index contributed by atoms with van der Waals surface area (Å²) in [7, 11) is 0. The fourth-order valence-corrected chi connectivity index (χ4v) is 3.40. The molecule has 2 aromatic rings. The third-order valence-corrected chi connectivity index (χ3v) is 5.21. The lowest BCUT2D eigenvalue weighted by molar-refractivity contribution is 0.159. The number of carbonyl (C=O) groups is 1. The van der Waals surface area contributed by atoms with Crippen LogP contribution in [0, 0.1) is 12.8 Å². The molecule has 0 spiro atoms. The maximum absolute atomic E-state index is 12.1. The number of aryl methyl sites for hydroxylation is 1. The molecule has 2 amide bonds. The summed E-state index contributed by atoms with van der Waals surface area (Å²) in [6.45, 7) is 3.85. The molecule has 1 heterocycles. The van der Waals surface area contributed by atoms with E-state index in [0.29, 0.717) is 17.5 Å². The van der Waals surface area contributed by atoms with Gasteiger partial charge in [0.2, 0.25) is 5.13 Å². The van der Waals surface area contributed by atoms with Gasteiger partial charge in [-0.3, -0.25) is 5.32 Å². The SMILES string of the molecule is Cc1ccc(Cc2nnc(NC(=O)NC(C)(CO)C3CC3)s2)cc1. The number of aliphatic hydroxyl groups excluding tert-OH is 1. The maximum atomic E-state index is 12.1. The van der Waals surface area contributed by atoms with Gasteiger partial charge in [0.05, 0.1) is 12.1 Å². The van der Waals surface area contributed by atoms with Gasteiger partial charge in [0.1, 0.15) is 5.01 Å². The van der Waals surface area contributed by atoms with Crippen molar-refractivity contribution in [3.8, 4) is 0 Å². The molecule has 3 N–H and O–H groups in total. The van der Waals surface area contributed by atoms with E-state index in [1.54, 1.807) is 0 Å². The second-order valence-electron chi connectivity index (χ2n) is 6.59. The largest absolute Gasteiger partial charge is 0.394 e. The zero-order valence-electron chi connectivity index (χ0n) is 13.9. The summed E-state index contributed by atoms with van der Waals surface area (Å²) in [5, 5.41) is 24.6. The van der Waals surface area contributed by atoms with Crippen LogP contribution < -0.4 is 10.6 Å². The number of amides is 2. The molecule has 7 heteroatoms. The van der Waals surface area contributed by atoms with Crippen LogP contribution in [0.3, 0.4) is 0 Å². The van der Waals surface area contributed by atoms with Gasteiger partial charge < -0.3 is 10.4 Å². The molecular weight excluding hydrogens is 324 g/mol. The second kappa shape index (κ2) is 6.86. The first-order valence-electron chi connectivity index (χ1n) is 8.06. The summed E-state index contributed by atoms with van der Waals surface area (Å²) in [5.41, 5.74) is 1.81. The molecule has 1 aromatic heterocycles. The number of anilines is 1. The lowest BCUT2D eigenvalue weighted by atomic mass is 9.97. The highest BCUT2D eigenvalue weighted by atomic mass is 32.1. The van der Waals surface area contributed by atoms with Gasteiger partial charge >= 0.3 is 6.03 Å². The summed E-state index contributed by atoms with van der Waals surface area (Å²) < 4.78 is 0. The summed E-state index contributed by atoms with van der Waals surface area (Å²) in [4.78, 5) is 12.1. The van der Waals surface area contributed by atoms with Gasteiger partial charge in [0.25, 0.3) is 0 Å². The molecule has 6 nitrogen and oxygen atoms in total. The van der Waals surface area contributed by atoms with Gasteiger partial charge in [-0.05, 0) is 38.2 Å². The van der Waals surface area contributed by atoms with Crippen LogP contribution in [0.15, 0.2) is 24.3 Å². The number of benzene rings is 1. The van der Waals surface area contributed by atoms with Crippen LogP contribution in [0.25, 0.3) is 0 Å². The Bertz CT molecular complexity index is 712. The first kappa shape index (κ1) is 16.9. The number of urea groups is 1. The van der Waals surface area contributed by atoms with Crippen LogP contribution >= 0.6 is 11.3 Å². The third kappa shape index (κ3) is 4.10. The molecule has 1 fully saturated rings. The zero-order valence-corrected chi connectivity index (χ0v) is 14.7. The van der Waals surface area contributed by atoms with E-state index >= 15 is 0 Å². The smallest absolute Gasteiger partial charge is 0.321 e. The molecule has 0 aliphatic heterocycles. The van der Waals surface area contributed by atoms with Crippen LogP contribution in [0.4, 0.5) is 9.93 Å². The molecule has 0 saturated heterocycles. The topological polar surface area (TPSA) is 87.1 Å². The Kier molecular flexibility index (Phi) is 4.82. The Morgan fingerprint density at radius 3 is 2.67 bits per heavy atom. The van der Waals surface area contributed by atoms with Crippen molar-refractivity contribution >= 4 is 22.5 Å². The molecule has 1 aliphatic carbocycles. The molecule has 1 unspecified atom stereocenters. The predicted molar refractivity (Wildman–Crippen MR) is 94.3 cm³/mol. The molecule has 0 radical (unpaired) electrons. The Labute approximate surface area is 145 Å². The second-order valence-corrected chi connectivity index (χ2v) is 7.65. The number of aliphatic hydroxyl groups is 1. The number of aromatic nitrogens is 2. The molecule has 1 aromatic carbocycles. The fourth-order valence-electron chi connectivity index (χ4n) is 2.63. The number of hydrogen-bond acceptors (Lipinski definition) is 5. The average molecular weight is 346 g/mol. The molecule has 1 saturated carbocycles. The van der Waals surface area contributed by atoms with E-state index in [-0.39, 0.29) is 12.6 Å². The van der Waals surface area contributed by atoms with Crippen LogP contribution in [0.2, 0.25) is 0 Å². The quantitative estimate of drug-likeness (QED) is 0.750. The minimum Gasteiger partial charge on any atom is -0.394 e. The van der Waals surface area contributed by atoms with Gasteiger partial charge in [-0.2, -0.15) is 0 Å². The normalized spacial score (nSPS) is 16.5. The van der Waals surface area contributed by atoms with E-state index < -0.39 is 5.54 Å². The third-order valence-electron chi connectivity index (χ3n) is 4.37. The zero-order chi connectivity index (χ0) is 17.2. The highest BCUT2D eigenvalue weighted by molar-refractivity contribution is 7.15. The molecule has 3 rings (SSSR count). The van der Waals surface area contributed by atoms with E-state index in [0.717, 1.165) is 23.4 Å². The van der Waals surface area contributed by atoms with Crippen LogP contribution in [0.5, 0.6) is 0 Å². The predicted octanol–water partition coefficient (Wildman–Crippen LogP) is 2.72. The van der Waals surface area contributed by atoms with E-state index in [2.05, 4.69) is 52.0 Å². The number of rotatable bonds is 6. The molecule has 24 heavy (non-hydrogen) atoms. The van der Waals surface area contributed by atoms with Crippen molar-refractivity contribution in [3.63, 3.8) is 0 Å². The van der Waals surface area contributed by atoms with E-state index in [1.807, 2.05) is 6.92 Å². The number of carbonyl (C=O) groups excluding carboxylic acids is 1. The van der Waals surface area contributed by atoms with Crippen molar-refractivity contribution in [2.75, 3.05) is 11.9 Å². The van der Waals surface area contributed by atoms with Crippen molar-refractivity contribution in [1.82, 2.24) is 15.5 Å². The minimum atomic E-state index is -0.570. The summed E-state index contributed by atoms with van der Waals surface area (Å²) in [6, 6.07) is 7.92. The van der Waals surface area contributed by atoms with Crippen molar-refractivity contribution < 1.29 is 9.90 Å². The van der Waals surface area contributed by atoms with Gasteiger partial charge in [0.15, 0.2) is 0 Å². The van der Waals surface area contributed by atoms with E-state index in [4.69, 9.17) is 0 Å². The van der Waals surface area contributed by atoms with Crippen molar-refractivity contribution in [3.05, 3.63) is 40.4 Å². The summed E-state index contributed by atoms with van der Waals surface area (Å²) >= 11 is 1.36. The Morgan fingerprint density at radius 2 is 2.04 bits per heavy atom. The monoisotopic (exact) mass is 346 g/mol. The van der Waals surface area contributed by atoms with Crippen LogP contribution in [-0.4, -0.2) is 33.5 Å². The van der Waals surface area contributed by atoms with Crippen LogP contribution in [-0.2, 0) is 6.42 Å². The lowest BCUT2D eigenvalue weighted by Crippen LogP contribution is -2.52. The molecule has 1 aliphatic rings. The Morgan fingerprint density at radius 1 is 1.33 bits per heavy atom. The maximum Gasteiger partial charge on any atom is 0.321 e. The summed E-state index contributed by atoms with van der Waals surface area (Å²) in [5.74, 6) is 0.347.